The monoisotopic (exact) mass is 282 g/mol. The Labute approximate surface area is 119 Å². The van der Waals surface area contributed by atoms with Gasteiger partial charge in [-0.15, -0.1) is 0 Å². The number of hydrogen-bond acceptors (Lipinski definition) is 4. The van der Waals surface area contributed by atoms with Crippen molar-refractivity contribution >= 4 is 0 Å². The van der Waals surface area contributed by atoms with Crippen molar-refractivity contribution in [3.05, 3.63) is 47.9 Å². The second-order valence-electron chi connectivity index (χ2n) is 4.62. The molecule has 2 atom stereocenters. The van der Waals surface area contributed by atoms with Crippen LogP contribution < -0.4 is 10.6 Å². The number of hydrogen-bond donors (Lipinski definition) is 3. The predicted molar refractivity (Wildman–Crippen MR) is 77.2 cm³/mol. The van der Waals surface area contributed by atoms with Gasteiger partial charge in [0.05, 0.1) is 0 Å². The molecular weight excluding hydrogens is 259 g/mol. The van der Waals surface area contributed by atoms with E-state index in [1.165, 1.54) is 12.1 Å². The quantitative estimate of drug-likeness (QED) is 0.606. The largest absolute Gasteiger partial charge is 0.384 e. The molecular formula is C15H23FN2O2. The summed E-state index contributed by atoms with van der Waals surface area (Å²) < 4.78 is 17.7. The van der Waals surface area contributed by atoms with E-state index in [4.69, 9.17) is 4.74 Å². The Morgan fingerprint density at radius 3 is 2.65 bits per heavy atom. The van der Waals surface area contributed by atoms with Crippen LogP contribution in [0.25, 0.3) is 0 Å². The van der Waals surface area contributed by atoms with E-state index >= 15 is 0 Å². The van der Waals surface area contributed by atoms with E-state index in [1.54, 1.807) is 12.1 Å². The van der Waals surface area contributed by atoms with Crippen molar-refractivity contribution in [3.63, 3.8) is 0 Å². The Kier molecular flexibility index (Phi) is 7.22. The normalized spacial score (nSPS) is 13.8. The summed E-state index contributed by atoms with van der Waals surface area (Å²) in [6.07, 6.45) is -0.952. The van der Waals surface area contributed by atoms with Crippen molar-refractivity contribution in [2.24, 2.45) is 5.92 Å². The summed E-state index contributed by atoms with van der Waals surface area (Å²) in [6, 6.07) is 6.33. The second kappa shape index (κ2) is 8.68. The smallest absolute Gasteiger partial charge is 0.213 e. The second-order valence-corrected chi connectivity index (χ2v) is 4.62. The fourth-order valence-electron chi connectivity index (χ4n) is 1.61. The molecule has 0 fully saturated rings. The lowest BCUT2D eigenvalue weighted by atomic mass is 10.1. The highest BCUT2D eigenvalue weighted by molar-refractivity contribution is 5.16. The molecule has 4 nitrogen and oxygen atoms in total. The zero-order valence-electron chi connectivity index (χ0n) is 12.0. The van der Waals surface area contributed by atoms with Crippen molar-refractivity contribution in [1.29, 1.82) is 0 Å². The minimum absolute atomic E-state index is 0.130. The Morgan fingerprint density at radius 2 is 2.05 bits per heavy atom. The first-order valence-electron chi connectivity index (χ1n) is 6.73. The van der Waals surface area contributed by atoms with Crippen LogP contribution in [0.5, 0.6) is 0 Å². The van der Waals surface area contributed by atoms with Gasteiger partial charge in [-0.25, -0.2) is 4.39 Å². The molecule has 1 aromatic carbocycles. The van der Waals surface area contributed by atoms with Gasteiger partial charge < -0.3 is 15.2 Å². The number of halogens is 1. The molecule has 0 aromatic heterocycles. The molecule has 0 aliphatic heterocycles. The molecule has 20 heavy (non-hydrogen) atoms. The van der Waals surface area contributed by atoms with Crippen LogP contribution in [0.15, 0.2) is 36.5 Å². The predicted octanol–water partition coefficient (Wildman–Crippen LogP) is 1.97. The van der Waals surface area contributed by atoms with Crippen LogP contribution >= 0.6 is 0 Å². The summed E-state index contributed by atoms with van der Waals surface area (Å²) >= 11 is 0. The maximum Gasteiger partial charge on any atom is 0.213 e. The average molecular weight is 282 g/mol. The minimum Gasteiger partial charge on any atom is -0.384 e. The van der Waals surface area contributed by atoms with E-state index in [1.807, 2.05) is 13.8 Å². The summed E-state index contributed by atoms with van der Waals surface area (Å²) in [5.74, 6) is -0.111. The molecule has 0 aliphatic carbocycles. The van der Waals surface area contributed by atoms with Gasteiger partial charge in [0.1, 0.15) is 5.82 Å². The molecule has 5 heteroatoms. The SMILES string of the molecule is C=C(NCc1ccc(F)cc1)C(C)CNC(O)OCC. The highest BCUT2D eigenvalue weighted by Crippen LogP contribution is 2.07. The van der Waals surface area contributed by atoms with E-state index in [2.05, 4.69) is 17.2 Å². The molecule has 0 radical (unpaired) electrons. The molecule has 0 bridgehead atoms. The molecule has 112 valence electrons. The number of benzene rings is 1. The van der Waals surface area contributed by atoms with E-state index < -0.39 is 6.41 Å². The van der Waals surface area contributed by atoms with Gasteiger partial charge in [-0.3, -0.25) is 5.32 Å². The molecule has 0 saturated heterocycles. The number of aliphatic hydroxyl groups is 1. The topological polar surface area (TPSA) is 53.5 Å². The summed E-state index contributed by atoms with van der Waals surface area (Å²) in [4.78, 5) is 0. The first-order valence-corrected chi connectivity index (χ1v) is 6.73. The fraction of sp³-hybridized carbons (Fsp3) is 0.467. The third kappa shape index (κ3) is 6.14. The van der Waals surface area contributed by atoms with Gasteiger partial charge in [0, 0.05) is 31.3 Å². The van der Waals surface area contributed by atoms with Gasteiger partial charge in [0.2, 0.25) is 6.41 Å². The Morgan fingerprint density at radius 1 is 1.40 bits per heavy atom. The van der Waals surface area contributed by atoms with Crippen LogP contribution in [0.1, 0.15) is 19.4 Å². The molecule has 0 aliphatic rings. The Bertz CT molecular complexity index is 409. The van der Waals surface area contributed by atoms with Gasteiger partial charge in [-0.1, -0.05) is 25.6 Å². The summed E-state index contributed by atoms with van der Waals surface area (Å²) in [7, 11) is 0. The lowest BCUT2D eigenvalue weighted by Gasteiger charge is -2.19. The van der Waals surface area contributed by atoms with Crippen LogP contribution in [-0.4, -0.2) is 24.7 Å². The minimum atomic E-state index is -0.952. The van der Waals surface area contributed by atoms with Crippen LogP contribution in [0.3, 0.4) is 0 Å². The number of aliphatic hydroxyl groups excluding tert-OH is 1. The summed E-state index contributed by atoms with van der Waals surface area (Å²) in [5.41, 5.74) is 1.84. The molecule has 2 unspecified atom stereocenters. The summed E-state index contributed by atoms with van der Waals surface area (Å²) in [5, 5.41) is 15.4. The van der Waals surface area contributed by atoms with Crippen molar-refractivity contribution in [2.45, 2.75) is 26.8 Å². The van der Waals surface area contributed by atoms with Crippen molar-refractivity contribution in [2.75, 3.05) is 13.2 Å². The van der Waals surface area contributed by atoms with Gasteiger partial charge >= 0.3 is 0 Å². The van der Waals surface area contributed by atoms with Crippen molar-refractivity contribution < 1.29 is 14.2 Å². The molecule has 0 spiro atoms. The van der Waals surface area contributed by atoms with Crippen molar-refractivity contribution in [1.82, 2.24) is 10.6 Å². The molecule has 0 amide bonds. The van der Waals surface area contributed by atoms with Gasteiger partial charge in [-0.2, -0.15) is 0 Å². The fourth-order valence-corrected chi connectivity index (χ4v) is 1.61. The van der Waals surface area contributed by atoms with Gasteiger partial charge in [-0.05, 0) is 24.6 Å². The standard InChI is InChI=1S/C15H23FN2O2/c1-4-20-15(19)18-9-11(2)12(3)17-10-13-5-7-14(16)8-6-13/h5-8,11,15,17-19H,3-4,9-10H2,1-2H3. The molecule has 0 heterocycles. The van der Waals surface area contributed by atoms with Crippen LogP contribution in [0, 0.1) is 11.7 Å². The van der Waals surface area contributed by atoms with Crippen molar-refractivity contribution in [3.8, 4) is 0 Å². The highest BCUT2D eigenvalue weighted by Gasteiger charge is 2.09. The van der Waals surface area contributed by atoms with Crippen LogP contribution in [0.4, 0.5) is 4.39 Å². The number of rotatable bonds is 9. The highest BCUT2D eigenvalue weighted by atomic mass is 19.1. The van der Waals surface area contributed by atoms with E-state index in [-0.39, 0.29) is 11.7 Å². The van der Waals surface area contributed by atoms with Gasteiger partial charge in [0.25, 0.3) is 0 Å². The van der Waals surface area contributed by atoms with Gasteiger partial charge in [0.15, 0.2) is 0 Å². The lowest BCUT2D eigenvalue weighted by molar-refractivity contribution is -0.116. The molecule has 1 aromatic rings. The first-order chi connectivity index (χ1) is 9.52. The zero-order valence-corrected chi connectivity index (χ0v) is 12.0. The van der Waals surface area contributed by atoms with E-state index in [0.29, 0.717) is 19.7 Å². The molecule has 1 rings (SSSR count). The zero-order chi connectivity index (χ0) is 15.0. The number of nitrogens with one attached hydrogen (secondary N) is 2. The van der Waals surface area contributed by atoms with E-state index in [9.17, 15) is 9.50 Å². The van der Waals surface area contributed by atoms with Crippen LogP contribution in [0.2, 0.25) is 0 Å². The molecule has 3 N–H and O–H groups in total. The van der Waals surface area contributed by atoms with E-state index in [0.717, 1.165) is 11.3 Å². The summed E-state index contributed by atoms with van der Waals surface area (Å²) in [6.45, 7) is 9.37. The first kappa shape index (κ1) is 16.6. The third-order valence-electron chi connectivity index (χ3n) is 2.95. The number of ether oxygens (including phenoxy) is 1. The molecule has 0 saturated carbocycles. The van der Waals surface area contributed by atoms with Crippen LogP contribution in [-0.2, 0) is 11.3 Å². The third-order valence-corrected chi connectivity index (χ3v) is 2.95. The maximum atomic E-state index is 12.8. The maximum absolute atomic E-state index is 12.8. The average Bonchev–Trinajstić information content (AvgIpc) is 2.44. The Hall–Kier alpha value is -1.43. The Balaban J connectivity index is 2.29. The lowest BCUT2D eigenvalue weighted by Crippen LogP contribution is -2.36.